The average Bonchev–Trinajstić information content (AvgIpc) is 3.30. The number of hydrogen-bond acceptors (Lipinski definition) is 4. The highest BCUT2D eigenvalue weighted by Gasteiger charge is 2.28. The van der Waals surface area contributed by atoms with Crippen molar-refractivity contribution in [3.63, 3.8) is 0 Å². The van der Waals surface area contributed by atoms with E-state index in [0.717, 1.165) is 44.3 Å². The van der Waals surface area contributed by atoms with Crippen molar-refractivity contribution in [2.45, 2.75) is 58.2 Å². The van der Waals surface area contributed by atoms with Gasteiger partial charge in [-0.3, -0.25) is 9.59 Å². The number of rotatable bonds is 10. The molecule has 0 fully saturated rings. The van der Waals surface area contributed by atoms with Crippen LogP contribution in [0.2, 0.25) is 0 Å². The number of benzene rings is 2. The quantitative estimate of drug-likeness (QED) is 0.204. The molecule has 2 amide bonds. The second-order valence-corrected chi connectivity index (χ2v) is 10.3. The highest BCUT2D eigenvalue weighted by atomic mass is 16.2. The minimum absolute atomic E-state index is 0.287. The minimum Gasteiger partial charge on any atom is -0.368 e. The Morgan fingerprint density at radius 1 is 0.861 bits per heavy atom. The number of carbonyl (C=O) groups excluding carboxylic acids is 2. The first kappa shape index (κ1) is 25.5. The van der Waals surface area contributed by atoms with E-state index in [4.69, 9.17) is 11.5 Å². The zero-order chi connectivity index (χ0) is 26.0. The monoisotopic (exact) mass is 488 g/mol. The zero-order valence-electron chi connectivity index (χ0n) is 21.4. The molecule has 8 nitrogen and oxygen atoms in total. The summed E-state index contributed by atoms with van der Waals surface area (Å²) in [5.41, 5.74) is 17.4. The van der Waals surface area contributed by atoms with Crippen LogP contribution >= 0.6 is 0 Å². The Labute approximate surface area is 211 Å². The summed E-state index contributed by atoms with van der Waals surface area (Å²) in [7, 11) is 0. The van der Waals surface area contributed by atoms with Crippen molar-refractivity contribution in [3.8, 4) is 0 Å². The lowest BCUT2D eigenvalue weighted by molar-refractivity contribution is -0.128. The highest BCUT2D eigenvalue weighted by molar-refractivity contribution is 5.92. The van der Waals surface area contributed by atoms with Crippen LogP contribution in [0.5, 0.6) is 0 Å². The number of H-pyrrole nitrogens is 2. The summed E-state index contributed by atoms with van der Waals surface area (Å²) in [5, 5.41) is 8.34. The smallest absolute Gasteiger partial charge is 0.240 e. The number of aromatic amines is 2. The number of aryl methyl sites for hydroxylation is 2. The Morgan fingerprint density at radius 3 is 1.81 bits per heavy atom. The Balaban J connectivity index is 1.59. The summed E-state index contributed by atoms with van der Waals surface area (Å²) < 4.78 is 0. The van der Waals surface area contributed by atoms with Crippen LogP contribution in [-0.2, 0) is 22.4 Å². The maximum absolute atomic E-state index is 13.6. The Hall–Kier alpha value is -3.62. The van der Waals surface area contributed by atoms with Crippen LogP contribution in [0, 0.1) is 13.8 Å². The molecule has 0 radical (unpaired) electrons. The molecule has 0 aliphatic carbocycles. The largest absolute Gasteiger partial charge is 0.368 e. The van der Waals surface area contributed by atoms with E-state index in [0.29, 0.717) is 19.4 Å². The molecule has 0 aliphatic rings. The summed E-state index contributed by atoms with van der Waals surface area (Å²) in [6.07, 6.45) is 0.744. The fourth-order valence-electron chi connectivity index (χ4n) is 4.74. The minimum atomic E-state index is -0.852. The number of nitrogens with two attached hydrogens (primary N) is 2. The molecule has 2 aromatic heterocycles. The molecular weight excluding hydrogens is 452 g/mol. The molecule has 2 aromatic carbocycles. The van der Waals surface area contributed by atoms with Crippen molar-refractivity contribution in [2.24, 2.45) is 11.5 Å². The number of fused-ring (bicyclic) bond motifs is 2. The van der Waals surface area contributed by atoms with Gasteiger partial charge in [-0.25, -0.2) is 0 Å². The summed E-state index contributed by atoms with van der Waals surface area (Å²) in [6.45, 7) is 8.19. The van der Waals surface area contributed by atoms with Crippen LogP contribution < -0.4 is 22.1 Å². The van der Waals surface area contributed by atoms with Crippen LogP contribution in [0.25, 0.3) is 21.8 Å². The fourth-order valence-corrected chi connectivity index (χ4v) is 4.74. The predicted molar refractivity (Wildman–Crippen MR) is 145 cm³/mol. The molecule has 190 valence electrons. The van der Waals surface area contributed by atoms with Gasteiger partial charge in [-0.15, -0.1) is 0 Å². The van der Waals surface area contributed by atoms with E-state index < -0.39 is 23.5 Å². The Bertz CT molecular complexity index is 1390. The molecule has 8 N–H and O–H groups in total. The van der Waals surface area contributed by atoms with Crippen molar-refractivity contribution in [2.75, 3.05) is 6.54 Å². The third-order valence-corrected chi connectivity index (χ3v) is 6.65. The van der Waals surface area contributed by atoms with E-state index in [1.807, 2.05) is 76.2 Å². The van der Waals surface area contributed by atoms with Crippen molar-refractivity contribution >= 4 is 33.6 Å². The van der Waals surface area contributed by atoms with E-state index in [2.05, 4.69) is 20.6 Å². The van der Waals surface area contributed by atoms with Gasteiger partial charge in [0, 0.05) is 51.7 Å². The van der Waals surface area contributed by atoms with Gasteiger partial charge in [-0.1, -0.05) is 36.4 Å². The Morgan fingerprint density at radius 2 is 1.33 bits per heavy atom. The highest BCUT2D eigenvalue weighted by Crippen LogP contribution is 2.25. The predicted octanol–water partition coefficient (Wildman–Crippen LogP) is 2.72. The first-order valence-electron chi connectivity index (χ1n) is 12.3. The average molecular weight is 489 g/mol. The molecule has 0 aliphatic heterocycles. The van der Waals surface area contributed by atoms with Gasteiger partial charge in [-0.05, 0) is 57.4 Å². The van der Waals surface area contributed by atoms with Gasteiger partial charge in [0.1, 0.15) is 6.04 Å². The van der Waals surface area contributed by atoms with E-state index in [1.54, 1.807) is 0 Å². The topological polar surface area (TPSA) is 142 Å². The summed E-state index contributed by atoms with van der Waals surface area (Å²) in [4.78, 5) is 32.8. The van der Waals surface area contributed by atoms with Gasteiger partial charge in [0.25, 0.3) is 0 Å². The Kier molecular flexibility index (Phi) is 7.19. The van der Waals surface area contributed by atoms with E-state index >= 15 is 0 Å². The summed E-state index contributed by atoms with van der Waals surface area (Å²) in [5.74, 6) is -0.862. The van der Waals surface area contributed by atoms with Gasteiger partial charge in [-0.2, -0.15) is 0 Å². The van der Waals surface area contributed by atoms with Crippen LogP contribution in [-0.4, -0.2) is 45.9 Å². The number of para-hydroxylation sites is 2. The molecule has 0 saturated carbocycles. The van der Waals surface area contributed by atoms with Crippen LogP contribution in [0.4, 0.5) is 0 Å². The fraction of sp³-hybridized carbons (Fsp3) is 0.357. The van der Waals surface area contributed by atoms with Gasteiger partial charge >= 0.3 is 0 Å². The number of aromatic nitrogens is 2. The van der Waals surface area contributed by atoms with Gasteiger partial charge in [0.05, 0.1) is 6.04 Å². The molecule has 2 heterocycles. The molecular formula is C28H36N6O2. The second-order valence-electron chi connectivity index (χ2n) is 10.3. The third-order valence-electron chi connectivity index (χ3n) is 6.65. The number of hydrogen-bond donors (Lipinski definition) is 6. The maximum atomic E-state index is 13.6. The lowest BCUT2D eigenvalue weighted by Gasteiger charge is -2.26. The van der Waals surface area contributed by atoms with Gasteiger partial charge in [0.2, 0.25) is 11.8 Å². The molecule has 4 rings (SSSR count). The van der Waals surface area contributed by atoms with Crippen LogP contribution in [0.15, 0.2) is 48.5 Å². The molecule has 2 atom stereocenters. The maximum Gasteiger partial charge on any atom is 0.240 e. The third kappa shape index (κ3) is 5.61. The number of nitrogens with one attached hydrogen (secondary N) is 4. The second kappa shape index (κ2) is 10.2. The van der Waals surface area contributed by atoms with Gasteiger partial charge in [0.15, 0.2) is 0 Å². The first-order valence-corrected chi connectivity index (χ1v) is 12.3. The van der Waals surface area contributed by atoms with E-state index in [1.165, 1.54) is 0 Å². The molecule has 0 bridgehead atoms. The lowest BCUT2D eigenvalue weighted by atomic mass is 9.98. The number of amides is 2. The lowest BCUT2D eigenvalue weighted by Crippen LogP contribution is -2.56. The van der Waals surface area contributed by atoms with Crippen LogP contribution in [0.3, 0.4) is 0 Å². The van der Waals surface area contributed by atoms with Crippen molar-refractivity contribution in [1.82, 2.24) is 20.6 Å². The summed E-state index contributed by atoms with van der Waals surface area (Å²) >= 11 is 0. The van der Waals surface area contributed by atoms with Gasteiger partial charge < -0.3 is 32.1 Å². The van der Waals surface area contributed by atoms with Crippen LogP contribution in [0.1, 0.15) is 36.4 Å². The molecule has 0 spiro atoms. The van der Waals surface area contributed by atoms with Crippen molar-refractivity contribution < 1.29 is 9.59 Å². The normalized spacial score (nSPS) is 13.7. The number of carbonyl (C=O) groups is 2. The number of primary amides is 1. The molecule has 4 aromatic rings. The first-order chi connectivity index (χ1) is 17.0. The van der Waals surface area contributed by atoms with E-state index in [-0.39, 0.29) is 5.91 Å². The van der Waals surface area contributed by atoms with Crippen molar-refractivity contribution in [1.29, 1.82) is 0 Å². The van der Waals surface area contributed by atoms with Crippen molar-refractivity contribution in [3.05, 3.63) is 71.0 Å². The standard InChI is InChI=1S/C28H36N6O2/c1-16-20(18-9-5-7-11-22(18)32-16)13-24(26(29)35)34-27(36)25(31-15-28(3,4)30)14-21-17(2)33-23-12-8-6-10-19(21)23/h5-12,24-25,31-33H,13-15,30H2,1-4H3,(H2,29,35)(H,34,36)/t24-,25-/m1/s1. The molecule has 0 saturated heterocycles. The SMILES string of the molecule is Cc1[nH]c2ccccc2c1C[C@@H](NC(=O)[C@@H](Cc1c(C)[nH]c2ccccc12)NCC(C)(C)N)C(N)=O. The molecule has 36 heavy (non-hydrogen) atoms. The molecule has 0 unspecified atom stereocenters. The van der Waals surface area contributed by atoms with E-state index in [9.17, 15) is 9.59 Å². The zero-order valence-corrected chi connectivity index (χ0v) is 21.4. The summed E-state index contributed by atoms with van der Waals surface area (Å²) in [6, 6.07) is 14.5. The molecule has 8 heteroatoms.